The summed E-state index contributed by atoms with van der Waals surface area (Å²) in [6.45, 7) is 2.74. The highest BCUT2D eigenvalue weighted by Crippen LogP contribution is 2.31. The first-order valence-corrected chi connectivity index (χ1v) is 10.5. The molecule has 0 bridgehead atoms. The van der Waals surface area contributed by atoms with Gasteiger partial charge in [-0.05, 0) is 42.3 Å². The summed E-state index contributed by atoms with van der Waals surface area (Å²) in [5.41, 5.74) is 3.14. The second-order valence-corrected chi connectivity index (χ2v) is 7.62. The van der Waals surface area contributed by atoms with Crippen molar-refractivity contribution in [1.82, 2.24) is 4.98 Å². The lowest BCUT2D eigenvalue weighted by Gasteiger charge is -2.11. The number of benzene rings is 2. The largest absolute Gasteiger partial charge is 0.493 e. The van der Waals surface area contributed by atoms with E-state index in [1.807, 2.05) is 53.9 Å². The van der Waals surface area contributed by atoms with Crippen LogP contribution in [0.2, 0.25) is 5.02 Å². The zero-order valence-electron chi connectivity index (χ0n) is 16.3. The number of halogens is 1. The summed E-state index contributed by atoms with van der Waals surface area (Å²) < 4.78 is 11.2. The number of rotatable bonds is 8. The van der Waals surface area contributed by atoms with Crippen LogP contribution in [-0.2, 0) is 0 Å². The third kappa shape index (κ3) is 5.38. The van der Waals surface area contributed by atoms with Gasteiger partial charge in [0.15, 0.2) is 11.5 Å². The fourth-order valence-electron chi connectivity index (χ4n) is 2.68. The third-order valence-electron chi connectivity index (χ3n) is 4.25. The molecule has 3 rings (SSSR count). The topological polar surface area (TPSA) is 55.1 Å². The fraction of sp³-hybridized carbons (Fsp3) is 0.217. The average Bonchev–Trinajstić information content (AvgIpc) is 3.23. The highest BCUT2D eigenvalue weighted by molar-refractivity contribution is 7.11. The van der Waals surface area contributed by atoms with Crippen LogP contribution in [0.4, 0.5) is 0 Å². The second kappa shape index (κ2) is 10.1. The van der Waals surface area contributed by atoms with E-state index in [2.05, 4.69) is 18.0 Å². The van der Waals surface area contributed by atoms with Crippen LogP contribution in [0.1, 0.15) is 30.3 Å². The lowest BCUT2D eigenvalue weighted by Crippen LogP contribution is -1.99. The highest BCUT2D eigenvalue weighted by Gasteiger charge is 2.11. The Hall–Kier alpha value is -2.81. The number of nitriles is 1. The Morgan fingerprint density at radius 3 is 2.69 bits per heavy atom. The Morgan fingerprint density at radius 2 is 2.00 bits per heavy atom. The van der Waals surface area contributed by atoms with Gasteiger partial charge in [0, 0.05) is 16.0 Å². The minimum atomic E-state index is 0.500. The highest BCUT2D eigenvalue weighted by atomic mass is 35.5. The van der Waals surface area contributed by atoms with Crippen molar-refractivity contribution in [2.45, 2.75) is 19.8 Å². The Bertz CT molecular complexity index is 1040. The van der Waals surface area contributed by atoms with E-state index in [0.29, 0.717) is 33.7 Å². The van der Waals surface area contributed by atoms with E-state index in [1.165, 1.54) is 11.3 Å². The molecule has 148 valence electrons. The Labute approximate surface area is 180 Å². The normalized spacial score (nSPS) is 11.2. The van der Waals surface area contributed by atoms with Gasteiger partial charge >= 0.3 is 0 Å². The molecule has 0 aliphatic carbocycles. The van der Waals surface area contributed by atoms with Crippen LogP contribution in [0.3, 0.4) is 0 Å². The van der Waals surface area contributed by atoms with Crippen molar-refractivity contribution in [1.29, 1.82) is 5.26 Å². The molecule has 0 radical (unpaired) electrons. The minimum Gasteiger partial charge on any atom is -0.493 e. The van der Waals surface area contributed by atoms with E-state index >= 15 is 0 Å². The molecule has 0 aliphatic rings. The van der Waals surface area contributed by atoms with Gasteiger partial charge in [-0.3, -0.25) is 0 Å². The number of hydrogen-bond donors (Lipinski definition) is 0. The molecular formula is C23H21ClN2O2S. The van der Waals surface area contributed by atoms with Crippen molar-refractivity contribution >= 4 is 34.6 Å². The van der Waals surface area contributed by atoms with Gasteiger partial charge in [-0.25, -0.2) is 4.98 Å². The zero-order valence-corrected chi connectivity index (χ0v) is 17.9. The van der Waals surface area contributed by atoms with Crippen LogP contribution < -0.4 is 9.47 Å². The number of hydrogen-bond acceptors (Lipinski definition) is 5. The van der Waals surface area contributed by atoms with Crippen molar-refractivity contribution in [2.75, 3.05) is 13.7 Å². The standard InChI is InChI=1S/C23H21ClN2O2S/c1-3-4-11-28-22-13-16(5-10-21(22)27-2)12-18(14-25)23-26-20(15-29-23)17-6-8-19(24)9-7-17/h5-10,12-13,15H,3-4,11H2,1-2H3/b18-12+. The minimum absolute atomic E-state index is 0.500. The van der Waals surface area contributed by atoms with Crippen molar-refractivity contribution in [3.05, 3.63) is 63.4 Å². The lowest BCUT2D eigenvalue weighted by atomic mass is 10.1. The van der Waals surface area contributed by atoms with Crippen molar-refractivity contribution in [3.63, 3.8) is 0 Å². The Balaban J connectivity index is 1.87. The van der Waals surface area contributed by atoms with Gasteiger partial charge in [0.2, 0.25) is 0 Å². The number of nitrogens with zero attached hydrogens (tertiary/aromatic N) is 2. The molecular weight excluding hydrogens is 404 g/mol. The van der Waals surface area contributed by atoms with E-state index in [0.717, 1.165) is 29.7 Å². The van der Waals surface area contributed by atoms with Gasteiger partial charge in [-0.15, -0.1) is 11.3 Å². The van der Waals surface area contributed by atoms with Crippen molar-refractivity contribution in [2.24, 2.45) is 0 Å². The molecule has 0 atom stereocenters. The molecule has 3 aromatic rings. The molecule has 4 nitrogen and oxygen atoms in total. The number of ether oxygens (including phenoxy) is 2. The van der Waals surface area contributed by atoms with E-state index in [-0.39, 0.29) is 0 Å². The molecule has 0 amide bonds. The van der Waals surface area contributed by atoms with Gasteiger partial charge in [-0.1, -0.05) is 43.1 Å². The smallest absolute Gasteiger partial charge is 0.161 e. The van der Waals surface area contributed by atoms with E-state index in [9.17, 15) is 5.26 Å². The molecule has 1 heterocycles. The van der Waals surface area contributed by atoms with Crippen LogP contribution in [0.15, 0.2) is 47.8 Å². The van der Waals surface area contributed by atoms with E-state index < -0.39 is 0 Å². The Morgan fingerprint density at radius 1 is 1.21 bits per heavy atom. The summed E-state index contributed by atoms with van der Waals surface area (Å²) in [4.78, 5) is 4.62. The third-order valence-corrected chi connectivity index (χ3v) is 5.38. The molecule has 0 spiro atoms. The number of aromatic nitrogens is 1. The quantitative estimate of drug-likeness (QED) is 0.297. The molecule has 0 unspecified atom stereocenters. The van der Waals surface area contributed by atoms with Gasteiger partial charge in [0.05, 0.1) is 25.0 Å². The second-order valence-electron chi connectivity index (χ2n) is 6.33. The van der Waals surface area contributed by atoms with Gasteiger partial charge < -0.3 is 9.47 Å². The molecule has 0 fully saturated rings. The molecule has 6 heteroatoms. The maximum atomic E-state index is 9.68. The first kappa shape index (κ1) is 20.9. The van der Waals surface area contributed by atoms with E-state index in [1.54, 1.807) is 7.11 Å². The average molecular weight is 425 g/mol. The first-order valence-electron chi connectivity index (χ1n) is 9.29. The molecule has 29 heavy (non-hydrogen) atoms. The Kier molecular flexibility index (Phi) is 7.29. The summed E-state index contributed by atoms with van der Waals surface area (Å²) in [6, 6.07) is 15.4. The summed E-state index contributed by atoms with van der Waals surface area (Å²) in [7, 11) is 1.62. The number of thiazole rings is 1. The summed E-state index contributed by atoms with van der Waals surface area (Å²) in [5, 5.41) is 13.0. The van der Waals surface area contributed by atoms with Crippen LogP contribution in [-0.4, -0.2) is 18.7 Å². The number of allylic oxidation sites excluding steroid dienone is 1. The van der Waals surface area contributed by atoms with Crippen molar-refractivity contribution in [3.8, 4) is 28.8 Å². The SMILES string of the molecule is CCCCOc1cc(/C=C(\C#N)c2nc(-c3ccc(Cl)cc3)cs2)ccc1OC. The molecule has 1 aromatic heterocycles. The summed E-state index contributed by atoms with van der Waals surface area (Å²) in [5.74, 6) is 1.35. The van der Waals surface area contributed by atoms with Gasteiger partial charge in [-0.2, -0.15) is 5.26 Å². The summed E-state index contributed by atoms with van der Waals surface area (Å²) >= 11 is 7.39. The molecule has 0 N–H and O–H groups in total. The predicted molar refractivity (Wildman–Crippen MR) is 119 cm³/mol. The number of methoxy groups -OCH3 is 1. The monoisotopic (exact) mass is 424 g/mol. The molecule has 0 aliphatic heterocycles. The fourth-order valence-corrected chi connectivity index (χ4v) is 3.60. The maximum absolute atomic E-state index is 9.68. The van der Waals surface area contributed by atoms with Gasteiger partial charge in [0.1, 0.15) is 11.1 Å². The zero-order chi connectivity index (χ0) is 20.6. The van der Waals surface area contributed by atoms with Crippen LogP contribution >= 0.6 is 22.9 Å². The first-order chi connectivity index (χ1) is 14.1. The van der Waals surface area contributed by atoms with Crippen LogP contribution in [0.5, 0.6) is 11.5 Å². The predicted octanol–water partition coefficient (Wildman–Crippen LogP) is 6.72. The molecule has 0 saturated heterocycles. The van der Waals surface area contributed by atoms with Crippen molar-refractivity contribution < 1.29 is 9.47 Å². The number of unbranched alkanes of at least 4 members (excludes halogenated alkanes) is 1. The lowest BCUT2D eigenvalue weighted by molar-refractivity contribution is 0.288. The van der Waals surface area contributed by atoms with Gasteiger partial charge in [0.25, 0.3) is 0 Å². The van der Waals surface area contributed by atoms with Crippen LogP contribution in [0.25, 0.3) is 22.9 Å². The van der Waals surface area contributed by atoms with Crippen LogP contribution in [0, 0.1) is 11.3 Å². The molecule has 2 aromatic carbocycles. The summed E-state index contributed by atoms with van der Waals surface area (Å²) in [6.07, 6.45) is 3.84. The molecule has 0 saturated carbocycles. The maximum Gasteiger partial charge on any atom is 0.161 e. The van der Waals surface area contributed by atoms with E-state index in [4.69, 9.17) is 21.1 Å².